The largest absolute Gasteiger partial charge is 0.468 e. The highest BCUT2D eigenvalue weighted by Crippen LogP contribution is 2.31. The number of benzene rings is 1. The summed E-state index contributed by atoms with van der Waals surface area (Å²) in [4.78, 5) is 11.5. The van der Waals surface area contributed by atoms with Crippen molar-refractivity contribution >= 4 is 21.9 Å². The van der Waals surface area contributed by atoms with Crippen LogP contribution in [0.4, 0.5) is 4.39 Å². The minimum atomic E-state index is -0.865. The van der Waals surface area contributed by atoms with Gasteiger partial charge in [-0.25, -0.2) is 4.39 Å². The van der Waals surface area contributed by atoms with E-state index < -0.39 is 11.4 Å². The highest BCUT2D eigenvalue weighted by atomic mass is 79.9. The van der Waals surface area contributed by atoms with Crippen LogP contribution in [0.2, 0.25) is 0 Å². The molecule has 0 radical (unpaired) electrons. The lowest BCUT2D eigenvalue weighted by Gasteiger charge is -2.23. The topological polar surface area (TPSA) is 26.3 Å². The van der Waals surface area contributed by atoms with Crippen LogP contribution in [0.1, 0.15) is 19.4 Å². The minimum absolute atomic E-state index is 0.370. The fourth-order valence-electron chi connectivity index (χ4n) is 1.34. The van der Waals surface area contributed by atoms with Gasteiger partial charge in [0.1, 0.15) is 5.82 Å². The number of hydrogen-bond donors (Lipinski definition) is 0. The lowest BCUT2D eigenvalue weighted by molar-refractivity contribution is -0.146. The second-order valence-electron chi connectivity index (χ2n) is 3.74. The van der Waals surface area contributed by atoms with Gasteiger partial charge in [0, 0.05) is 4.47 Å². The molecule has 0 unspecified atom stereocenters. The maximum atomic E-state index is 13.1. The van der Waals surface area contributed by atoms with Gasteiger partial charge in [0.05, 0.1) is 12.5 Å². The molecule has 82 valence electrons. The number of carbonyl (C=O) groups excluding carboxylic acids is 1. The van der Waals surface area contributed by atoms with Gasteiger partial charge in [0.25, 0.3) is 0 Å². The van der Waals surface area contributed by atoms with Crippen molar-refractivity contribution in [1.29, 1.82) is 0 Å². The Morgan fingerprint density at radius 3 is 2.60 bits per heavy atom. The van der Waals surface area contributed by atoms with Crippen LogP contribution in [0.25, 0.3) is 0 Å². The maximum absolute atomic E-state index is 13.1. The number of methoxy groups -OCH3 is 1. The van der Waals surface area contributed by atoms with E-state index in [-0.39, 0.29) is 5.82 Å². The Hall–Kier alpha value is -0.900. The van der Waals surface area contributed by atoms with E-state index in [1.165, 1.54) is 19.2 Å². The quantitative estimate of drug-likeness (QED) is 0.775. The van der Waals surface area contributed by atoms with Gasteiger partial charge in [-0.2, -0.15) is 0 Å². The molecule has 0 saturated carbocycles. The third-order valence-electron chi connectivity index (χ3n) is 2.30. The van der Waals surface area contributed by atoms with Crippen LogP contribution in [0.3, 0.4) is 0 Å². The van der Waals surface area contributed by atoms with Crippen LogP contribution < -0.4 is 0 Å². The van der Waals surface area contributed by atoms with E-state index in [1.54, 1.807) is 19.9 Å². The first-order chi connectivity index (χ1) is 6.89. The number of halogens is 2. The van der Waals surface area contributed by atoms with Crippen LogP contribution in [-0.2, 0) is 14.9 Å². The smallest absolute Gasteiger partial charge is 0.315 e. The van der Waals surface area contributed by atoms with Crippen molar-refractivity contribution < 1.29 is 13.9 Å². The molecule has 4 heteroatoms. The van der Waals surface area contributed by atoms with Crippen molar-refractivity contribution in [3.63, 3.8) is 0 Å². The molecule has 0 aliphatic heterocycles. The van der Waals surface area contributed by atoms with Crippen molar-refractivity contribution in [3.05, 3.63) is 34.1 Å². The predicted octanol–water partition coefficient (Wildman–Crippen LogP) is 3.04. The first-order valence-corrected chi connectivity index (χ1v) is 5.23. The fraction of sp³-hybridized carbons (Fsp3) is 0.364. The number of rotatable bonds is 2. The Labute approximate surface area is 96.6 Å². The third-order valence-corrected chi connectivity index (χ3v) is 2.99. The van der Waals surface area contributed by atoms with E-state index >= 15 is 0 Å². The minimum Gasteiger partial charge on any atom is -0.468 e. The molecule has 0 amide bonds. The lowest BCUT2D eigenvalue weighted by Crippen LogP contribution is -2.30. The molecule has 0 atom stereocenters. The first kappa shape index (κ1) is 12.2. The summed E-state index contributed by atoms with van der Waals surface area (Å²) in [7, 11) is 1.32. The van der Waals surface area contributed by atoms with Gasteiger partial charge < -0.3 is 4.74 Å². The Kier molecular flexibility index (Phi) is 3.50. The van der Waals surface area contributed by atoms with Crippen molar-refractivity contribution in [2.75, 3.05) is 7.11 Å². The van der Waals surface area contributed by atoms with E-state index in [2.05, 4.69) is 20.7 Å². The molecule has 1 aromatic carbocycles. The Morgan fingerprint density at radius 1 is 1.47 bits per heavy atom. The van der Waals surface area contributed by atoms with E-state index in [0.717, 1.165) is 0 Å². The summed E-state index contributed by atoms with van der Waals surface area (Å²) in [5, 5.41) is 0. The SMILES string of the molecule is COC(=O)C(C)(C)c1cc(F)ccc1Br. The van der Waals surface area contributed by atoms with Gasteiger partial charge in [-0.3, -0.25) is 4.79 Å². The molecule has 1 rings (SSSR count). The van der Waals surface area contributed by atoms with E-state index in [9.17, 15) is 9.18 Å². The summed E-state index contributed by atoms with van der Waals surface area (Å²) in [6.07, 6.45) is 0. The summed E-state index contributed by atoms with van der Waals surface area (Å²) in [6.45, 7) is 3.39. The van der Waals surface area contributed by atoms with E-state index in [1.807, 2.05) is 0 Å². The number of hydrogen-bond acceptors (Lipinski definition) is 2. The summed E-state index contributed by atoms with van der Waals surface area (Å²) in [6, 6.07) is 4.25. The Morgan fingerprint density at radius 2 is 2.07 bits per heavy atom. The number of ether oxygens (including phenoxy) is 1. The average molecular weight is 275 g/mol. The van der Waals surface area contributed by atoms with E-state index in [4.69, 9.17) is 0 Å². The second kappa shape index (κ2) is 4.31. The molecule has 0 aromatic heterocycles. The molecule has 2 nitrogen and oxygen atoms in total. The molecule has 0 spiro atoms. The molecule has 0 bridgehead atoms. The molecule has 0 N–H and O–H groups in total. The lowest BCUT2D eigenvalue weighted by atomic mass is 9.85. The summed E-state index contributed by atoms with van der Waals surface area (Å²) in [5.74, 6) is -0.765. The molecule has 0 heterocycles. The predicted molar refractivity (Wildman–Crippen MR) is 59.1 cm³/mol. The summed E-state index contributed by atoms with van der Waals surface area (Å²) < 4.78 is 18.4. The zero-order valence-electron chi connectivity index (χ0n) is 8.80. The maximum Gasteiger partial charge on any atom is 0.315 e. The highest BCUT2D eigenvalue weighted by molar-refractivity contribution is 9.10. The number of esters is 1. The van der Waals surface area contributed by atoms with Crippen LogP contribution in [-0.4, -0.2) is 13.1 Å². The summed E-state index contributed by atoms with van der Waals surface area (Å²) >= 11 is 3.29. The second-order valence-corrected chi connectivity index (χ2v) is 4.60. The van der Waals surface area contributed by atoms with Crippen molar-refractivity contribution in [2.24, 2.45) is 0 Å². The standard InChI is InChI=1S/C11H12BrFO2/c1-11(2,10(14)15-3)8-6-7(13)4-5-9(8)12/h4-6H,1-3H3. The zero-order chi connectivity index (χ0) is 11.6. The first-order valence-electron chi connectivity index (χ1n) is 4.43. The van der Waals surface area contributed by atoms with Crippen LogP contribution in [0.5, 0.6) is 0 Å². The molecular formula is C11H12BrFO2. The van der Waals surface area contributed by atoms with Gasteiger partial charge in [-0.05, 0) is 37.6 Å². The van der Waals surface area contributed by atoms with Crippen molar-refractivity contribution in [2.45, 2.75) is 19.3 Å². The Balaban J connectivity index is 3.25. The zero-order valence-corrected chi connectivity index (χ0v) is 10.4. The normalized spacial score (nSPS) is 11.3. The number of carbonyl (C=O) groups is 1. The van der Waals surface area contributed by atoms with Gasteiger partial charge in [-0.15, -0.1) is 0 Å². The fourth-order valence-corrected chi connectivity index (χ4v) is 2.08. The molecule has 0 aliphatic rings. The summed E-state index contributed by atoms with van der Waals surface area (Å²) in [5.41, 5.74) is -0.287. The van der Waals surface area contributed by atoms with Crippen molar-refractivity contribution in [3.8, 4) is 0 Å². The molecule has 0 saturated heterocycles. The highest BCUT2D eigenvalue weighted by Gasteiger charge is 2.32. The van der Waals surface area contributed by atoms with Gasteiger partial charge in [-0.1, -0.05) is 15.9 Å². The van der Waals surface area contributed by atoms with Gasteiger partial charge in [0.15, 0.2) is 0 Å². The van der Waals surface area contributed by atoms with Crippen molar-refractivity contribution in [1.82, 2.24) is 0 Å². The molecule has 1 aromatic rings. The molecule has 0 aliphatic carbocycles. The monoisotopic (exact) mass is 274 g/mol. The third kappa shape index (κ3) is 2.37. The average Bonchev–Trinajstić information content (AvgIpc) is 2.20. The van der Waals surface area contributed by atoms with Gasteiger partial charge in [0.2, 0.25) is 0 Å². The molecule has 15 heavy (non-hydrogen) atoms. The van der Waals surface area contributed by atoms with Crippen LogP contribution in [0.15, 0.2) is 22.7 Å². The Bertz CT molecular complexity index is 388. The van der Waals surface area contributed by atoms with Gasteiger partial charge >= 0.3 is 5.97 Å². The molecule has 0 fully saturated rings. The van der Waals surface area contributed by atoms with Crippen LogP contribution in [0, 0.1) is 5.82 Å². The molecular weight excluding hydrogens is 263 g/mol. The van der Waals surface area contributed by atoms with E-state index in [0.29, 0.717) is 10.0 Å². The van der Waals surface area contributed by atoms with Crippen LogP contribution >= 0.6 is 15.9 Å².